The van der Waals surface area contributed by atoms with Crippen molar-refractivity contribution in [2.24, 2.45) is 5.92 Å². The van der Waals surface area contributed by atoms with Crippen molar-refractivity contribution >= 4 is 21.7 Å². The van der Waals surface area contributed by atoms with Crippen molar-refractivity contribution in [2.45, 2.75) is 62.8 Å². The second kappa shape index (κ2) is 8.09. The van der Waals surface area contributed by atoms with Crippen LogP contribution in [-0.2, 0) is 26.0 Å². The quantitative estimate of drug-likeness (QED) is 0.754. The molecular formula is C22H30N2O4S. The van der Waals surface area contributed by atoms with E-state index in [-0.39, 0.29) is 11.8 Å². The minimum absolute atomic E-state index is 0.142. The molecule has 1 saturated carbocycles. The van der Waals surface area contributed by atoms with Crippen molar-refractivity contribution in [1.82, 2.24) is 9.80 Å². The van der Waals surface area contributed by atoms with Gasteiger partial charge in [0.15, 0.2) is 9.84 Å². The summed E-state index contributed by atoms with van der Waals surface area (Å²) in [7, 11) is -3.57. The zero-order valence-corrected chi connectivity index (χ0v) is 17.7. The first-order chi connectivity index (χ1) is 13.9. The van der Waals surface area contributed by atoms with Crippen LogP contribution < -0.4 is 0 Å². The summed E-state index contributed by atoms with van der Waals surface area (Å²) < 4.78 is 26.0. The second-order valence-electron chi connectivity index (χ2n) is 8.76. The molecule has 2 saturated heterocycles. The van der Waals surface area contributed by atoms with E-state index in [9.17, 15) is 18.0 Å². The maximum Gasteiger partial charge on any atom is 0.239 e. The molecule has 158 valence electrons. The third kappa shape index (κ3) is 3.93. The van der Waals surface area contributed by atoms with Gasteiger partial charge in [-0.3, -0.25) is 9.59 Å². The van der Waals surface area contributed by atoms with Gasteiger partial charge < -0.3 is 9.80 Å². The molecule has 6 nitrogen and oxygen atoms in total. The Labute approximate surface area is 173 Å². The van der Waals surface area contributed by atoms with Crippen molar-refractivity contribution in [3.05, 3.63) is 35.9 Å². The molecule has 1 aliphatic carbocycles. The fraction of sp³-hybridized carbons (Fsp3) is 0.636. The molecule has 3 fully saturated rings. The molecule has 0 N–H and O–H groups in total. The number of hydrogen-bond donors (Lipinski definition) is 0. The van der Waals surface area contributed by atoms with E-state index in [1.165, 1.54) is 19.3 Å². The molecule has 1 aromatic rings. The molecule has 4 rings (SSSR count). The van der Waals surface area contributed by atoms with Gasteiger partial charge in [0.2, 0.25) is 11.8 Å². The first kappa shape index (κ1) is 20.4. The number of hydrogen-bond acceptors (Lipinski definition) is 4. The highest BCUT2D eigenvalue weighted by molar-refractivity contribution is 7.93. The van der Waals surface area contributed by atoms with Crippen molar-refractivity contribution in [3.8, 4) is 0 Å². The lowest BCUT2D eigenvalue weighted by Crippen LogP contribution is -2.56. The Balaban J connectivity index is 1.46. The van der Waals surface area contributed by atoms with Gasteiger partial charge in [-0.15, -0.1) is 0 Å². The molecule has 3 aliphatic rings. The number of rotatable bonds is 4. The first-order valence-corrected chi connectivity index (χ1v) is 12.4. The molecule has 2 heterocycles. The fourth-order valence-corrected chi connectivity index (χ4v) is 7.28. The van der Waals surface area contributed by atoms with Crippen LogP contribution in [0.2, 0.25) is 0 Å². The maximum absolute atomic E-state index is 13.0. The topological polar surface area (TPSA) is 74.8 Å². The number of carbonyl (C=O) groups excluding carboxylic acids is 2. The van der Waals surface area contributed by atoms with Gasteiger partial charge in [-0.05, 0) is 24.3 Å². The lowest BCUT2D eigenvalue weighted by atomic mass is 9.86. The van der Waals surface area contributed by atoms with Crippen LogP contribution >= 0.6 is 0 Å². The van der Waals surface area contributed by atoms with Crippen LogP contribution in [0.5, 0.6) is 0 Å². The number of nitrogens with zero attached hydrogens (tertiary/aromatic N) is 2. The van der Waals surface area contributed by atoms with Crippen LogP contribution in [0, 0.1) is 5.92 Å². The van der Waals surface area contributed by atoms with Gasteiger partial charge in [-0.25, -0.2) is 8.42 Å². The molecule has 0 aromatic heterocycles. The largest absolute Gasteiger partial charge is 0.342 e. The fourth-order valence-electron chi connectivity index (χ4n) is 5.22. The first-order valence-electron chi connectivity index (χ1n) is 10.8. The van der Waals surface area contributed by atoms with Crippen molar-refractivity contribution in [3.63, 3.8) is 0 Å². The third-order valence-corrected chi connectivity index (χ3v) is 9.37. The predicted molar refractivity (Wildman–Crippen MR) is 111 cm³/mol. The highest BCUT2D eigenvalue weighted by Gasteiger charge is 2.58. The second-order valence-corrected chi connectivity index (χ2v) is 11.0. The Morgan fingerprint density at radius 1 is 1.03 bits per heavy atom. The van der Waals surface area contributed by atoms with E-state index in [1.54, 1.807) is 4.90 Å². The maximum atomic E-state index is 13.0. The van der Waals surface area contributed by atoms with Crippen LogP contribution in [0.3, 0.4) is 0 Å². The van der Waals surface area contributed by atoms with Gasteiger partial charge in [0.05, 0.1) is 0 Å². The Bertz CT molecular complexity index is 854. The lowest BCUT2D eigenvalue weighted by molar-refractivity contribution is -0.136. The zero-order valence-electron chi connectivity index (χ0n) is 16.9. The highest BCUT2D eigenvalue weighted by atomic mass is 32.2. The summed E-state index contributed by atoms with van der Waals surface area (Å²) in [6.07, 6.45) is 7.11. The van der Waals surface area contributed by atoms with Gasteiger partial charge in [0, 0.05) is 38.9 Å². The van der Waals surface area contributed by atoms with Crippen LogP contribution in [0.15, 0.2) is 30.3 Å². The average Bonchev–Trinajstić information content (AvgIpc) is 2.90. The number of sulfone groups is 1. The Morgan fingerprint density at radius 3 is 2.34 bits per heavy atom. The smallest absolute Gasteiger partial charge is 0.239 e. The summed E-state index contributed by atoms with van der Waals surface area (Å²) in [5, 5.41) is 0. The Hall–Kier alpha value is -1.89. The van der Waals surface area contributed by atoms with E-state index >= 15 is 0 Å². The average molecular weight is 419 g/mol. The van der Waals surface area contributed by atoms with Crippen molar-refractivity contribution < 1.29 is 18.0 Å². The van der Waals surface area contributed by atoms with E-state index in [4.69, 9.17) is 0 Å². The van der Waals surface area contributed by atoms with Crippen LogP contribution in [-0.4, -0.2) is 53.7 Å². The van der Waals surface area contributed by atoms with Crippen LogP contribution in [0.25, 0.3) is 0 Å². The molecule has 2 aliphatic heterocycles. The Morgan fingerprint density at radius 2 is 1.69 bits per heavy atom. The third-order valence-electron chi connectivity index (χ3n) is 6.95. The number of benzene rings is 1. The van der Waals surface area contributed by atoms with Gasteiger partial charge in [-0.2, -0.15) is 0 Å². The molecule has 0 bridgehead atoms. The Kier molecular flexibility index (Phi) is 5.69. The molecule has 1 aromatic carbocycles. The van der Waals surface area contributed by atoms with Crippen molar-refractivity contribution in [1.29, 1.82) is 0 Å². The molecule has 2 amide bonds. The summed E-state index contributed by atoms with van der Waals surface area (Å²) in [5.74, 6) is -0.131. The zero-order chi connectivity index (χ0) is 20.5. The van der Waals surface area contributed by atoms with Crippen LogP contribution in [0.4, 0.5) is 0 Å². The molecular weight excluding hydrogens is 388 g/mol. The summed E-state index contributed by atoms with van der Waals surface area (Å²) in [6.45, 7) is 1.11. The summed E-state index contributed by atoms with van der Waals surface area (Å²) >= 11 is 0. The van der Waals surface area contributed by atoms with Gasteiger partial charge in [0.25, 0.3) is 0 Å². The number of likely N-dealkylation sites (tertiary alicyclic amines) is 1. The molecule has 1 spiro atoms. The molecule has 29 heavy (non-hydrogen) atoms. The SMILES string of the molecule is O=C(CC1CCCCC1)N1CCC2(CC1)N(Cc1ccccc1)C(=O)CS2(=O)=O. The van der Waals surface area contributed by atoms with E-state index in [0.717, 1.165) is 18.4 Å². The van der Waals surface area contributed by atoms with E-state index < -0.39 is 20.5 Å². The minimum Gasteiger partial charge on any atom is -0.342 e. The monoisotopic (exact) mass is 418 g/mol. The summed E-state index contributed by atoms with van der Waals surface area (Å²) in [4.78, 5) is 27.6. The van der Waals surface area contributed by atoms with E-state index in [0.29, 0.717) is 44.8 Å². The number of piperidine rings is 1. The number of amides is 2. The lowest BCUT2D eigenvalue weighted by Gasteiger charge is -2.43. The van der Waals surface area contributed by atoms with Crippen LogP contribution in [0.1, 0.15) is 56.9 Å². The molecule has 7 heteroatoms. The normalized spacial score (nSPS) is 24.2. The standard InChI is InChI=1S/C22H30N2O4S/c25-20(15-18-7-3-1-4-8-18)23-13-11-22(12-14-23)24(21(26)17-29(22,27)28)16-19-9-5-2-6-10-19/h2,5-6,9-10,18H,1,3-4,7-8,11-17H2. The number of carbonyl (C=O) groups is 2. The van der Waals surface area contributed by atoms with Gasteiger partial charge in [0.1, 0.15) is 10.6 Å². The summed E-state index contributed by atoms with van der Waals surface area (Å²) in [5.41, 5.74) is 0.924. The highest BCUT2D eigenvalue weighted by Crippen LogP contribution is 2.41. The predicted octanol–water partition coefficient (Wildman–Crippen LogP) is 2.73. The van der Waals surface area contributed by atoms with E-state index in [1.807, 2.05) is 35.2 Å². The molecule has 0 radical (unpaired) electrons. The summed E-state index contributed by atoms with van der Waals surface area (Å²) in [6, 6.07) is 9.51. The molecule has 0 unspecified atom stereocenters. The van der Waals surface area contributed by atoms with Crippen molar-refractivity contribution in [2.75, 3.05) is 18.8 Å². The van der Waals surface area contributed by atoms with Gasteiger partial charge >= 0.3 is 0 Å². The molecule has 0 atom stereocenters. The minimum atomic E-state index is -3.57. The van der Waals surface area contributed by atoms with E-state index in [2.05, 4.69) is 0 Å². The van der Waals surface area contributed by atoms with Gasteiger partial charge in [-0.1, -0.05) is 49.6 Å².